The van der Waals surface area contributed by atoms with Crippen LogP contribution < -0.4 is 0 Å². The Kier molecular flexibility index (Phi) is 4.90. The summed E-state index contributed by atoms with van der Waals surface area (Å²) in [4.78, 5) is 23.6. The summed E-state index contributed by atoms with van der Waals surface area (Å²) in [5.41, 5.74) is 1.18. The molecule has 0 aliphatic heterocycles. The maximum atomic E-state index is 12.4. The van der Waals surface area contributed by atoms with Crippen LogP contribution in [0.15, 0.2) is 60.4 Å². The van der Waals surface area contributed by atoms with Gasteiger partial charge in [0.15, 0.2) is 5.76 Å². The molecule has 0 radical (unpaired) electrons. The van der Waals surface area contributed by atoms with Gasteiger partial charge in [-0.2, -0.15) is 0 Å². The maximum Gasteiger partial charge on any atom is 0.308 e. The molecule has 0 saturated heterocycles. The molecule has 106 valence electrons. The van der Waals surface area contributed by atoms with Crippen molar-refractivity contribution in [3.8, 4) is 0 Å². The third-order valence-electron chi connectivity index (χ3n) is 2.68. The van der Waals surface area contributed by atoms with Crippen LogP contribution in [0.4, 0.5) is 0 Å². The molecule has 0 fully saturated rings. The monoisotopic (exact) mass is 300 g/mol. The maximum absolute atomic E-state index is 12.4. The topological polar surface area (TPSA) is 43.4 Å². The summed E-state index contributed by atoms with van der Waals surface area (Å²) in [5.74, 6) is -0.906. The number of esters is 1. The average Bonchev–Trinajstić information content (AvgIpc) is 2.48. The molecule has 0 aliphatic rings. The smallest absolute Gasteiger partial charge is 0.308 e. The lowest BCUT2D eigenvalue weighted by Crippen LogP contribution is -2.10. The fourth-order valence-electron chi connectivity index (χ4n) is 1.74. The predicted molar refractivity (Wildman–Crippen MR) is 82.0 cm³/mol. The van der Waals surface area contributed by atoms with E-state index in [1.54, 1.807) is 48.5 Å². The Morgan fingerprint density at radius 2 is 1.62 bits per heavy atom. The number of carbonyl (C=O) groups is 2. The number of ketones is 1. The van der Waals surface area contributed by atoms with E-state index in [9.17, 15) is 9.59 Å². The fourth-order valence-corrected chi connectivity index (χ4v) is 1.86. The minimum Gasteiger partial charge on any atom is -0.422 e. The van der Waals surface area contributed by atoms with Crippen LogP contribution in [0.3, 0.4) is 0 Å². The lowest BCUT2D eigenvalue weighted by Gasteiger charge is -2.06. The van der Waals surface area contributed by atoms with E-state index in [1.807, 2.05) is 6.07 Å². The summed E-state index contributed by atoms with van der Waals surface area (Å²) in [5, 5.41) is 0.593. The number of benzene rings is 2. The Labute approximate surface area is 127 Å². The first-order chi connectivity index (χ1) is 10.1. The largest absolute Gasteiger partial charge is 0.422 e. The summed E-state index contributed by atoms with van der Waals surface area (Å²) >= 11 is 5.82. The highest BCUT2D eigenvalue weighted by atomic mass is 35.5. The first-order valence-electron chi connectivity index (χ1n) is 6.31. The quantitative estimate of drug-likeness (QED) is 0.369. The molecule has 2 rings (SSSR count). The third-order valence-corrected chi connectivity index (χ3v) is 2.93. The summed E-state index contributed by atoms with van der Waals surface area (Å²) < 4.78 is 5.04. The molecular formula is C17H13ClO3. The number of rotatable bonds is 4. The van der Waals surface area contributed by atoms with Crippen LogP contribution in [0.2, 0.25) is 5.02 Å². The molecule has 21 heavy (non-hydrogen) atoms. The van der Waals surface area contributed by atoms with Gasteiger partial charge in [-0.25, -0.2) is 0 Å². The van der Waals surface area contributed by atoms with Gasteiger partial charge in [0.05, 0.1) is 0 Å². The summed E-state index contributed by atoms with van der Waals surface area (Å²) in [6.45, 7) is 1.26. The average molecular weight is 301 g/mol. The van der Waals surface area contributed by atoms with Gasteiger partial charge in [0.1, 0.15) is 0 Å². The van der Waals surface area contributed by atoms with Crippen LogP contribution in [-0.4, -0.2) is 11.8 Å². The van der Waals surface area contributed by atoms with E-state index in [2.05, 4.69) is 0 Å². The van der Waals surface area contributed by atoms with Gasteiger partial charge in [0.2, 0.25) is 5.78 Å². The van der Waals surface area contributed by atoms with Crippen molar-refractivity contribution in [3.05, 3.63) is 76.5 Å². The van der Waals surface area contributed by atoms with Gasteiger partial charge in [-0.1, -0.05) is 54.1 Å². The molecule has 0 N–H and O–H groups in total. The predicted octanol–water partition coefficient (Wildman–Crippen LogP) is 4.13. The van der Waals surface area contributed by atoms with Gasteiger partial charge in [-0.05, 0) is 23.8 Å². The molecule has 0 amide bonds. The molecular weight excluding hydrogens is 288 g/mol. The molecule has 0 bridgehead atoms. The highest BCUT2D eigenvalue weighted by molar-refractivity contribution is 6.30. The van der Waals surface area contributed by atoms with Crippen molar-refractivity contribution in [2.45, 2.75) is 6.92 Å². The van der Waals surface area contributed by atoms with Crippen LogP contribution in [0.1, 0.15) is 22.8 Å². The van der Waals surface area contributed by atoms with Gasteiger partial charge in [-0.15, -0.1) is 0 Å². The van der Waals surface area contributed by atoms with Crippen molar-refractivity contribution in [1.82, 2.24) is 0 Å². The zero-order valence-electron chi connectivity index (χ0n) is 11.4. The number of halogens is 1. The Morgan fingerprint density at radius 3 is 2.19 bits per heavy atom. The standard InChI is InChI=1S/C17H13ClO3/c1-12(19)21-16(11-13-7-9-15(18)10-8-13)17(20)14-5-3-2-4-6-14/h2-11H,1H3/b16-11-. The minimum atomic E-state index is -0.542. The van der Waals surface area contributed by atoms with E-state index in [4.69, 9.17) is 16.3 Å². The van der Waals surface area contributed by atoms with Gasteiger partial charge >= 0.3 is 5.97 Å². The van der Waals surface area contributed by atoms with Crippen LogP contribution >= 0.6 is 11.6 Å². The van der Waals surface area contributed by atoms with Crippen LogP contribution in [-0.2, 0) is 9.53 Å². The van der Waals surface area contributed by atoms with Gasteiger partial charge in [0.25, 0.3) is 0 Å². The van der Waals surface area contributed by atoms with Crippen molar-refractivity contribution in [2.75, 3.05) is 0 Å². The van der Waals surface area contributed by atoms with E-state index in [1.165, 1.54) is 13.0 Å². The Balaban J connectivity index is 2.36. The van der Waals surface area contributed by atoms with Crippen molar-refractivity contribution in [1.29, 1.82) is 0 Å². The second-order valence-corrected chi connectivity index (χ2v) is 4.79. The lowest BCUT2D eigenvalue weighted by atomic mass is 10.1. The van der Waals surface area contributed by atoms with Crippen molar-refractivity contribution >= 4 is 29.4 Å². The number of hydrogen-bond acceptors (Lipinski definition) is 3. The molecule has 2 aromatic rings. The Bertz CT molecular complexity index is 673. The first kappa shape index (κ1) is 15.0. The molecule has 0 saturated carbocycles. The number of Topliss-reactive ketones (excluding diaryl/α,β-unsaturated/α-hetero) is 1. The van der Waals surface area contributed by atoms with Crippen LogP contribution in [0, 0.1) is 0 Å². The van der Waals surface area contributed by atoms with Crippen molar-refractivity contribution < 1.29 is 14.3 Å². The molecule has 4 heteroatoms. The number of ether oxygens (including phenoxy) is 1. The van der Waals surface area contributed by atoms with Gasteiger partial charge in [-0.3, -0.25) is 9.59 Å². The highest BCUT2D eigenvalue weighted by Gasteiger charge is 2.15. The fraction of sp³-hybridized carbons (Fsp3) is 0.0588. The van der Waals surface area contributed by atoms with E-state index < -0.39 is 5.97 Å². The Hall–Kier alpha value is -2.39. The summed E-state index contributed by atoms with van der Waals surface area (Å²) in [6, 6.07) is 15.5. The number of allylic oxidation sites excluding steroid dienone is 1. The number of carbonyl (C=O) groups excluding carboxylic acids is 2. The van der Waals surface area contributed by atoms with Crippen molar-refractivity contribution in [3.63, 3.8) is 0 Å². The van der Waals surface area contributed by atoms with E-state index in [0.29, 0.717) is 10.6 Å². The molecule has 0 unspecified atom stereocenters. The highest BCUT2D eigenvalue weighted by Crippen LogP contribution is 2.16. The molecule has 0 heterocycles. The Morgan fingerprint density at radius 1 is 1.00 bits per heavy atom. The van der Waals surface area contributed by atoms with Crippen LogP contribution in [0.5, 0.6) is 0 Å². The van der Waals surface area contributed by atoms with Gasteiger partial charge < -0.3 is 4.74 Å². The van der Waals surface area contributed by atoms with Gasteiger partial charge in [0, 0.05) is 17.5 Å². The molecule has 0 atom stereocenters. The lowest BCUT2D eigenvalue weighted by molar-refractivity contribution is -0.136. The second-order valence-electron chi connectivity index (χ2n) is 4.35. The summed E-state index contributed by atoms with van der Waals surface area (Å²) in [7, 11) is 0. The molecule has 2 aromatic carbocycles. The number of hydrogen-bond donors (Lipinski definition) is 0. The summed E-state index contributed by atoms with van der Waals surface area (Å²) in [6.07, 6.45) is 1.52. The second kappa shape index (κ2) is 6.86. The van der Waals surface area contributed by atoms with Crippen LogP contribution in [0.25, 0.3) is 6.08 Å². The normalized spacial score (nSPS) is 11.0. The zero-order chi connectivity index (χ0) is 15.2. The SMILES string of the molecule is CC(=O)O/C(=C\c1ccc(Cl)cc1)C(=O)c1ccccc1. The zero-order valence-corrected chi connectivity index (χ0v) is 12.1. The van der Waals surface area contributed by atoms with Crippen molar-refractivity contribution in [2.24, 2.45) is 0 Å². The minimum absolute atomic E-state index is 0.0176. The third kappa shape index (κ3) is 4.29. The molecule has 0 aliphatic carbocycles. The molecule has 3 nitrogen and oxygen atoms in total. The first-order valence-corrected chi connectivity index (χ1v) is 6.69. The van der Waals surface area contributed by atoms with E-state index >= 15 is 0 Å². The van der Waals surface area contributed by atoms with E-state index in [0.717, 1.165) is 5.56 Å². The molecule has 0 aromatic heterocycles. The molecule has 0 spiro atoms. The van der Waals surface area contributed by atoms with E-state index in [-0.39, 0.29) is 11.5 Å².